The van der Waals surface area contributed by atoms with Gasteiger partial charge in [-0.1, -0.05) is 18.2 Å². The van der Waals surface area contributed by atoms with Crippen LogP contribution in [0.25, 0.3) is 0 Å². The van der Waals surface area contributed by atoms with E-state index in [4.69, 9.17) is 8.92 Å². The summed E-state index contributed by atoms with van der Waals surface area (Å²) in [4.78, 5) is 26.3. The second-order valence-electron chi connectivity index (χ2n) is 9.01. The van der Waals surface area contributed by atoms with E-state index >= 15 is 0 Å². The molecule has 188 valence electrons. The molecule has 9 heteroatoms. The number of benzene rings is 2. The quantitative estimate of drug-likeness (QED) is 0.353. The van der Waals surface area contributed by atoms with Crippen molar-refractivity contribution < 1.29 is 26.9 Å². The summed E-state index contributed by atoms with van der Waals surface area (Å²) in [6.07, 6.45) is 3.96. The molecule has 0 spiro atoms. The van der Waals surface area contributed by atoms with Crippen molar-refractivity contribution in [2.24, 2.45) is 0 Å². The van der Waals surface area contributed by atoms with Crippen LogP contribution in [-0.2, 0) is 19.7 Å². The molecule has 1 aliphatic heterocycles. The van der Waals surface area contributed by atoms with Crippen molar-refractivity contribution in [3.63, 3.8) is 0 Å². The van der Waals surface area contributed by atoms with Crippen molar-refractivity contribution in [2.45, 2.75) is 56.3 Å². The fraction of sp³-hybridized carbons (Fsp3) is 0.333. The molecule has 0 radical (unpaired) electrons. The van der Waals surface area contributed by atoms with E-state index in [9.17, 15) is 18.0 Å². The molecule has 0 unspecified atom stereocenters. The molecule has 3 aliphatic rings. The zero-order valence-electron chi connectivity index (χ0n) is 19.8. The molecule has 5 rings (SSSR count). The molecular formula is C27H26INO6S. The Labute approximate surface area is 224 Å². The summed E-state index contributed by atoms with van der Waals surface area (Å²) in [6, 6.07) is 11.4. The lowest BCUT2D eigenvalue weighted by Crippen LogP contribution is -2.36. The van der Waals surface area contributed by atoms with Gasteiger partial charge in [0.15, 0.2) is 23.1 Å². The molecule has 36 heavy (non-hydrogen) atoms. The highest BCUT2D eigenvalue weighted by atomic mass is 127. The molecule has 2 aromatic rings. The Morgan fingerprint density at radius 2 is 1.56 bits per heavy atom. The van der Waals surface area contributed by atoms with Crippen molar-refractivity contribution in [3.05, 3.63) is 74.1 Å². The van der Waals surface area contributed by atoms with E-state index in [1.807, 2.05) is 22.6 Å². The van der Waals surface area contributed by atoms with Gasteiger partial charge in [-0.2, -0.15) is 8.42 Å². The number of Topliss-reactive ketones (excluding diaryl/α,β-unsaturated/α-hetero) is 2. The molecule has 1 heterocycles. The third kappa shape index (κ3) is 4.58. The first-order valence-electron chi connectivity index (χ1n) is 12.1. The molecule has 7 nitrogen and oxygen atoms in total. The van der Waals surface area contributed by atoms with Gasteiger partial charge in [0.05, 0.1) is 10.2 Å². The van der Waals surface area contributed by atoms with Crippen molar-refractivity contribution in [2.75, 3.05) is 6.61 Å². The van der Waals surface area contributed by atoms with Gasteiger partial charge in [-0.05, 0) is 85.0 Å². The van der Waals surface area contributed by atoms with Gasteiger partial charge in [-0.3, -0.25) is 9.59 Å². The SMILES string of the molecule is CCOc1cc(C2C3=C(CCCC3=O)NC3=C2C(=O)CCC3)cc(I)c1OS(=O)(=O)c1ccccc1. The first kappa shape index (κ1) is 25.0. The molecular weight excluding hydrogens is 593 g/mol. The van der Waals surface area contributed by atoms with Crippen LogP contribution < -0.4 is 14.2 Å². The van der Waals surface area contributed by atoms with Crippen molar-refractivity contribution in [3.8, 4) is 11.5 Å². The first-order chi connectivity index (χ1) is 17.3. The maximum atomic E-state index is 13.1. The molecule has 0 atom stereocenters. The number of dihydropyridines is 1. The Hall–Kier alpha value is -2.66. The van der Waals surface area contributed by atoms with Gasteiger partial charge < -0.3 is 14.2 Å². The van der Waals surface area contributed by atoms with Gasteiger partial charge in [-0.25, -0.2) is 0 Å². The highest BCUT2D eigenvalue weighted by Crippen LogP contribution is 2.48. The van der Waals surface area contributed by atoms with Gasteiger partial charge in [0.25, 0.3) is 0 Å². The minimum Gasteiger partial charge on any atom is -0.490 e. The lowest BCUT2D eigenvalue weighted by molar-refractivity contribution is -0.117. The number of carbonyl (C=O) groups is 2. The van der Waals surface area contributed by atoms with Crippen LogP contribution in [0.5, 0.6) is 11.5 Å². The lowest BCUT2D eigenvalue weighted by atomic mass is 9.71. The fourth-order valence-corrected chi connectivity index (χ4v) is 7.02. The second-order valence-corrected chi connectivity index (χ2v) is 11.7. The van der Waals surface area contributed by atoms with E-state index in [0.29, 0.717) is 27.6 Å². The predicted octanol–water partition coefficient (Wildman–Crippen LogP) is 5.16. The van der Waals surface area contributed by atoms with Crippen LogP contribution in [0.2, 0.25) is 0 Å². The third-order valence-corrected chi connectivity index (χ3v) is 8.72. The standard InChI is InChI=1S/C27H26INO6S/c1-2-34-23-15-16(14-18(28)27(23)35-36(32,33)17-8-4-3-5-9-17)24-25-19(10-6-12-21(25)30)29-20-11-7-13-22(31)26(20)24/h3-5,8-9,14-15,24,29H,2,6-7,10-13H2,1H3. The van der Waals surface area contributed by atoms with Crippen LogP contribution in [0.3, 0.4) is 0 Å². The number of ether oxygens (including phenoxy) is 1. The smallest absolute Gasteiger partial charge is 0.339 e. The maximum absolute atomic E-state index is 13.1. The lowest BCUT2D eigenvalue weighted by Gasteiger charge is -2.37. The van der Waals surface area contributed by atoms with E-state index in [0.717, 1.165) is 42.6 Å². The fourth-order valence-electron chi connectivity index (χ4n) is 5.16. The van der Waals surface area contributed by atoms with E-state index in [-0.39, 0.29) is 34.6 Å². The van der Waals surface area contributed by atoms with Crippen LogP contribution in [0.1, 0.15) is 56.9 Å². The van der Waals surface area contributed by atoms with E-state index < -0.39 is 16.0 Å². The molecule has 2 aliphatic carbocycles. The summed E-state index contributed by atoms with van der Waals surface area (Å²) >= 11 is 2.03. The minimum absolute atomic E-state index is 0.0379. The maximum Gasteiger partial charge on any atom is 0.339 e. The number of ketones is 2. The summed E-state index contributed by atoms with van der Waals surface area (Å²) in [6.45, 7) is 2.09. The number of hydrogen-bond acceptors (Lipinski definition) is 7. The molecule has 2 aromatic carbocycles. The molecule has 0 saturated heterocycles. The summed E-state index contributed by atoms with van der Waals surface area (Å²) < 4.78 is 37.9. The predicted molar refractivity (Wildman–Crippen MR) is 142 cm³/mol. The molecule has 0 saturated carbocycles. The molecule has 1 N–H and O–H groups in total. The van der Waals surface area contributed by atoms with Crippen LogP contribution in [0.4, 0.5) is 0 Å². The van der Waals surface area contributed by atoms with Gasteiger partial charge in [-0.15, -0.1) is 0 Å². The van der Waals surface area contributed by atoms with Crippen LogP contribution in [-0.4, -0.2) is 26.6 Å². The molecule has 0 amide bonds. The van der Waals surface area contributed by atoms with Crippen LogP contribution >= 0.6 is 22.6 Å². The normalized spacial score (nSPS) is 18.5. The van der Waals surface area contributed by atoms with Crippen molar-refractivity contribution in [1.82, 2.24) is 5.32 Å². The summed E-state index contributed by atoms with van der Waals surface area (Å²) in [5.41, 5.74) is 3.78. The monoisotopic (exact) mass is 619 g/mol. The molecule has 0 fully saturated rings. The summed E-state index contributed by atoms with van der Waals surface area (Å²) in [7, 11) is -4.09. The zero-order valence-corrected chi connectivity index (χ0v) is 22.8. The van der Waals surface area contributed by atoms with E-state index in [2.05, 4.69) is 5.32 Å². The average molecular weight is 619 g/mol. The Kier molecular flexibility index (Phi) is 6.95. The second kappa shape index (κ2) is 10.0. The highest BCUT2D eigenvalue weighted by Gasteiger charge is 2.40. The largest absolute Gasteiger partial charge is 0.490 e. The van der Waals surface area contributed by atoms with Gasteiger partial charge in [0, 0.05) is 41.3 Å². The van der Waals surface area contributed by atoms with E-state index in [1.165, 1.54) is 12.1 Å². The number of carbonyl (C=O) groups excluding carboxylic acids is 2. The molecule has 0 bridgehead atoms. The Morgan fingerprint density at radius 3 is 2.14 bits per heavy atom. The van der Waals surface area contributed by atoms with Crippen LogP contribution in [0, 0.1) is 3.57 Å². The Balaban J connectivity index is 1.64. The first-order valence-corrected chi connectivity index (χ1v) is 14.5. The number of rotatable bonds is 6. The number of halogens is 1. The van der Waals surface area contributed by atoms with Gasteiger partial charge >= 0.3 is 10.1 Å². The summed E-state index contributed by atoms with van der Waals surface area (Å²) in [5, 5.41) is 3.41. The third-order valence-electron chi connectivity index (χ3n) is 6.68. The van der Waals surface area contributed by atoms with Gasteiger partial charge in [0.1, 0.15) is 4.90 Å². The van der Waals surface area contributed by atoms with Gasteiger partial charge in [0.2, 0.25) is 0 Å². The number of hydrogen-bond donors (Lipinski definition) is 1. The zero-order chi connectivity index (χ0) is 25.4. The van der Waals surface area contributed by atoms with Crippen molar-refractivity contribution >= 4 is 44.3 Å². The summed E-state index contributed by atoms with van der Waals surface area (Å²) in [5.74, 6) is -0.0813. The molecule has 0 aromatic heterocycles. The van der Waals surface area contributed by atoms with Crippen molar-refractivity contribution in [1.29, 1.82) is 0 Å². The topological polar surface area (TPSA) is 98.8 Å². The highest BCUT2D eigenvalue weighted by molar-refractivity contribution is 14.1. The minimum atomic E-state index is -4.09. The number of allylic oxidation sites excluding steroid dienone is 4. The Bertz CT molecular complexity index is 1370. The van der Waals surface area contributed by atoms with E-state index in [1.54, 1.807) is 37.3 Å². The Morgan fingerprint density at radius 1 is 0.944 bits per heavy atom. The number of nitrogens with one attached hydrogen (secondary N) is 1. The van der Waals surface area contributed by atoms with Crippen LogP contribution in [0.15, 0.2) is 69.9 Å². The average Bonchev–Trinajstić information content (AvgIpc) is 2.86.